The van der Waals surface area contributed by atoms with Gasteiger partial charge in [-0.05, 0) is 91.0 Å². The molecule has 8 heteroatoms. The van der Waals surface area contributed by atoms with Gasteiger partial charge in [0.1, 0.15) is 0 Å². The zero-order valence-corrected chi connectivity index (χ0v) is 22.3. The Labute approximate surface area is 242 Å². The Morgan fingerprint density at radius 3 is 0.881 bits per heavy atom. The van der Waals surface area contributed by atoms with Gasteiger partial charge in [-0.2, -0.15) is 0 Å². The summed E-state index contributed by atoms with van der Waals surface area (Å²) in [5, 5.41) is 11.2. The van der Waals surface area contributed by atoms with E-state index in [0.717, 1.165) is 0 Å². The average molecular weight is 555 g/mol. The van der Waals surface area contributed by atoms with Crippen LogP contribution in [0.5, 0.6) is 0 Å². The van der Waals surface area contributed by atoms with Crippen molar-refractivity contribution < 1.29 is 19.2 Å². The van der Waals surface area contributed by atoms with Crippen molar-refractivity contribution in [3.05, 3.63) is 156 Å². The van der Waals surface area contributed by atoms with Crippen LogP contribution >= 0.6 is 0 Å². The summed E-state index contributed by atoms with van der Waals surface area (Å²) >= 11 is 0. The number of benzene rings is 5. The standard InChI is InChI=1S/C34H26N4O4/c39-31(35-27-8-3-1-4-9-27)23-14-18-25(19-15-23)33(41)37-29-12-7-13-30(22-29)38-34(42)26-20-16-24(17-21-26)32(40)36-28-10-5-2-6-11-28/h1-22H,(H,35,39)(H,36,40)(H,37,41)(H,38,42). The Morgan fingerprint density at radius 1 is 0.310 bits per heavy atom. The third-order valence-electron chi connectivity index (χ3n) is 6.26. The number of carbonyl (C=O) groups is 4. The number of amides is 4. The molecule has 4 N–H and O–H groups in total. The number of hydrogen-bond acceptors (Lipinski definition) is 4. The number of hydrogen-bond donors (Lipinski definition) is 4. The Bertz CT molecular complexity index is 1590. The molecule has 5 aromatic carbocycles. The molecule has 0 aliphatic heterocycles. The van der Waals surface area contributed by atoms with Crippen molar-refractivity contribution in [3.8, 4) is 0 Å². The molecule has 0 heterocycles. The zero-order chi connectivity index (χ0) is 29.3. The summed E-state index contributed by atoms with van der Waals surface area (Å²) in [5.74, 6) is -1.28. The molecule has 206 valence electrons. The molecule has 42 heavy (non-hydrogen) atoms. The van der Waals surface area contributed by atoms with Crippen LogP contribution in [-0.2, 0) is 0 Å². The molecule has 5 aromatic rings. The van der Waals surface area contributed by atoms with Gasteiger partial charge in [-0.25, -0.2) is 0 Å². The second-order valence-corrected chi connectivity index (χ2v) is 9.28. The summed E-state index contributed by atoms with van der Waals surface area (Å²) in [5.41, 5.74) is 3.91. The quantitative estimate of drug-likeness (QED) is 0.171. The molecule has 0 aliphatic carbocycles. The van der Waals surface area contributed by atoms with Gasteiger partial charge in [-0.1, -0.05) is 42.5 Å². The van der Waals surface area contributed by atoms with Crippen LogP contribution in [0.15, 0.2) is 133 Å². The van der Waals surface area contributed by atoms with Crippen LogP contribution in [0.2, 0.25) is 0 Å². The number of anilines is 4. The molecule has 5 rings (SSSR count). The molecule has 0 bridgehead atoms. The number of para-hydroxylation sites is 2. The largest absolute Gasteiger partial charge is 0.322 e. The van der Waals surface area contributed by atoms with Crippen molar-refractivity contribution in [3.63, 3.8) is 0 Å². The highest BCUT2D eigenvalue weighted by Gasteiger charge is 2.12. The summed E-state index contributed by atoms with van der Waals surface area (Å²) in [6, 6.07) is 37.6. The van der Waals surface area contributed by atoms with Crippen molar-refractivity contribution in [2.45, 2.75) is 0 Å². The highest BCUT2D eigenvalue weighted by molar-refractivity contribution is 6.09. The Kier molecular flexibility index (Phi) is 8.45. The van der Waals surface area contributed by atoms with E-state index in [2.05, 4.69) is 21.3 Å². The van der Waals surface area contributed by atoms with E-state index in [1.54, 1.807) is 97.1 Å². The maximum absolute atomic E-state index is 12.8. The first-order valence-corrected chi connectivity index (χ1v) is 13.1. The first kappa shape index (κ1) is 27.5. The second kappa shape index (κ2) is 12.9. The van der Waals surface area contributed by atoms with E-state index in [1.807, 2.05) is 36.4 Å². The summed E-state index contributed by atoms with van der Waals surface area (Å²) in [6.45, 7) is 0. The predicted molar refractivity (Wildman–Crippen MR) is 164 cm³/mol. The van der Waals surface area contributed by atoms with Crippen LogP contribution in [0, 0.1) is 0 Å². The van der Waals surface area contributed by atoms with E-state index in [9.17, 15) is 19.2 Å². The molecular formula is C34H26N4O4. The molecule has 0 radical (unpaired) electrons. The molecule has 4 amide bonds. The monoisotopic (exact) mass is 554 g/mol. The van der Waals surface area contributed by atoms with Crippen LogP contribution in [0.4, 0.5) is 22.7 Å². The van der Waals surface area contributed by atoms with Crippen molar-refractivity contribution in [2.24, 2.45) is 0 Å². The van der Waals surface area contributed by atoms with Gasteiger partial charge >= 0.3 is 0 Å². The summed E-state index contributed by atoms with van der Waals surface area (Å²) in [4.78, 5) is 50.6. The van der Waals surface area contributed by atoms with Crippen molar-refractivity contribution >= 4 is 46.4 Å². The van der Waals surface area contributed by atoms with Crippen LogP contribution in [0.25, 0.3) is 0 Å². The van der Waals surface area contributed by atoms with E-state index >= 15 is 0 Å². The average Bonchev–Trinajstić information content (AvgIpc) is 3.02. The minimum absolute atomic E-state index is 0.276. The molecule has 0 saturated heterocycles. The zero-order valence-electron chi connectivity index (χ0n) is 22.3. The highest BCUT2D eigenvalue weighted by atomic mass is 16.2. The summed E-state index contributed by atoms with van der Waals surface area (Å²) in [7, 11) is 0. The van der Waals surface area contributed by atoms with Gasteiger partial charge in [0, 0.05) is 45.0 Å². The lowest BCUT2D eigenvalue weighted by Gasteiger charge is -2.10. The maximum atomic E-state index is 12.8. The lowest BCUT2D eigenvalue weighted by Crippen LogP contribution is -2.15. The minimum Gasteiger partial charge on any atom is -0.322 e. The van der Waals surface area contributed by atoms with Crippen molar-refractivity contribution in [2.75, 3.05) is 21.3 Å². The molecule has 0 aromatic heterocycles. The minimum atomic E-state index is -0.363. The van der Waals surface area contributed by atoms with Crippen molar-refractivity contribution in [1.82, 2.24) is 0 Å². The second-order valence-electron chi connectivity index (χ2n) is 9.28. The lowest BCUT2D eigenvalue weighted by molar-refractivity contribution is 0.101. The third kappa shape index (κ3) is 7.13. The van der Waals surface area contributed by atoms with Gasteiger partial charge in [0.2, 0.25) is 0 Å². The molecule has 0 aliphatic rings. The Hall–Kier alpha value is -6.02. The van der Waals surface area contributed by atoms with Gasteiger partial charge in [-0.15, -0.1) is 0 Å². The summed E-state index contributed by atoms with van der Waals surface area (Å²) in [6.07, 6.45) is 0. The highest BCUT2D eigenvalue weighted by Crippen LogP contribution is 2.18. The van der Waals surface area contributed by atoms with Gasteiger partial charge in [0.05, 0.1) is 0 Å². The van der Waals surface area contributed by atoms with Gasteiger partial charge in [-0.3, -0.25) is 19.2 Å². The predicted octanol–water partition coefficient (Wildman–Crippen LogP) is 6.70. The number of rotatable bonds is 8. The van der Waals surface area contributed by atoms with Crippen LogP contribution in [0.1, 0.15) is 41.4 Å². The van der Waals surface area contributed by atoms with Gasteiger partial charge in [0.15, 0.2) is 0 Å². The SMILES string of the molecule is O=C(Nc1ccccc1)c1ccc(C(=O)Nc2cccc(NC(=O)c3ccc(C(=O)Nc4ccccc4)cc3)c2)cc1. The fourth-order valence-electron chi connectivity index (χ4n) is 4.08. The summed E-state index contributed by atoms with van der Waals surface area (Å²) < 4.78 is 0. The van der Waals surface area contributed by atoms with E-state index in [-0.39, 0.29) is 23.6 Å². The molecule has 0 spiro atoms. The maximum Gasteiger partial charge on any atom is 0.255 e. The fraction of sp³-hybridized carbons (Fsp3) is 0. The third-order valence-corrected chi connectivity index (χ3v) is 6.26. The Balaban J connectivity index is 1.17. The van der Waals surface area contributed by atoms with E-state index in [1.165, 1.54) is 0 Å². The molecule has 0 fully saturated rings. The van der Waals surface area contributed by atoms with Crippen LogP contribution in [-0.4, -0.2) is 23.6 Å². The van der Waals surface area contributed by atoms with E-state index in [0.29, 0.717) is 45.0 Å². The number of carbonyl (C=O) groups excluding carboxylic acids is 4. The van der Waals surface area contributed by atoms with Crippen LogP contribution in [0.3, 0.4) is 0 Å². The lowest BCUT2D eigenvalue weighted by atomic mass is 10.1. The first-order chi connectivity index (χ1) is 20.4. The topological polar surface area (TPSA) is 116 Å². The van der Waals surface area contributed by atoms with E-state index in [4.69, 9.17) is 0 Å². The molecule has 8 nitrogen and oxygen atoms in total. The smallest absolute Gasteiger partial charge is 0.255 e. The van der Waals surface area contributed by atoms with Crippen LogP contribution < -0.4 is 21.3 Å². The first-order valence-electron chi connectivity index (χ1n) is 13.1. The normalized spacial score (nSPS) is 10.3. The van der Waals surface area contributed by atoms with Gasteiger partial charge < -0.3 is 21.3 Å². The van der Waals surface area contributed by atoms with E-state index < -0.39 is 0 Å². The molecule has 0 unspecified atom stereocenters. The number of nitrogens with one attached hydrogen (secondary N) is 4. The van der Waals surface area contributed by atoms with Gasteiger partial charge in [0.25, 0.3) is 23.6 Å². The molecule has 0 atom stereocenters. The fourth-order valence-corrected chi connectivity index (χ4v) is 4.08. The van der Waals surface area contributed by atoms with Crippen molar-refractivity contribution in [1.29, 1.82) is 0 Å². The molecule has 0 saturated carbocycles. The Morgan fingerprint density at radius 2 is 0.571 bits per heavy atom. The molecular weight excluding hydrogens is 528 g/mol.